The van der Waals surface area contributed by atoms with E-state index < -0.39 is 6.09 Å². The van der Waals surface area contributed by atoms with Crippen LogP contribution in [-0.2, 0) is 6.54 Å². The Labute approximate surface area is 158 Å². The highest BCUT2D eigenvalue weighted by molar-refractivity contribution is 5.97. The molecule has 27 heavy (non-hydrogen) atoms. The summed E-state index contributed by atoms with van der Waals surface area (Å²) in [7, 11) is 1.40. The number of ether oxygens (including phenoxy) is 1. The maximum absolute atomic E-state index is 13.2. The predicted octanol–water partition coefficient (Wildman–Crippen LogP) is 4.05. The average Bonchev–Trinajstić information content (AvgIpc) is 2.57. The number of hydrogen-bond acceptors (Lipinski definition) is 4. The lowest BCUT2D eigenvalue weighted by atomic mass is 9.96. The second kappa shape index (κ2) is 7.90. The normalized spacial score (nSPS) is 11.6. The molecule has 1 amide bonds. The first-order valence-corrected chi connectivity index (χ1v) is 9.05. The van der Waals surface area contributed by atoms with Gasteiger partial charge in [-0.05, 0) is 30.0 Å². The molecule has 0 saturated carbocycles. The number of nitrogens with zero attached hydrogens (tertiary/aromatic N) is 2. The number of aromatic hydroxyl groups is 1. The summed E-state index contributed by atoms with van der Waals surface area (Å²) in [5, 5.41) is 20.2. The van der Waals surface area contributed by atoms with Crippen LogP contribution < -0.4 is 15.2 Å². The number of benzene rings is 1. The molecule has 0 bridgehead atoms. The standard InChI is InChI=1S/C20H28N2O5/c1-6-7-10-27-16-14-9-8-13(23)11-15(14)18(24)22(12-20(2,3)4)17(16)21(5)19(25)26/h8-9,11,23H,6-7,10,12H2,1-5H3,(H,25,26). The van der Waals surface area contributed by atoms with Gasteiger partial charge in [-0.25, -0.2) is 4.79 Å². The van der Waals surface area contributed by atoms with Gasteiger partial charge >= 0.3 is 6.09 Å². The number of carbonyl (C=O) groups is 1. The molecule has 2 N–H and O–H groups in total. The van der Waals surface area contributed by atoms with E-state index in [-0.39, 0.29) is 22.5 Å². The third kappa shape index (κ3) is 4.53. The number of rotatable bonds is 6. The summed E-state index contributed by atoms with van der Waals surface area (Å²) in [5.74, 6) is 0.518. The van der Waals surface area contributed by atoms with Gasteiger partial charge in [0.25, 0.3) is 5.56 Å². The smallest absolute Gasteiger partial charge is 0.412 e. The van der Waals surface area contributed by atoms with Crippen LogP contribution in [0.1, 0.15) is 40.5 Å². The zero-order valence-electron chi connectivity index (χ0n) is 16.6. The molecular formula is C20H28N2O5. The third-order valence-corrected chi connectivity index (χ3v) is 4.16. The van der Waals surface area contributed by atoms with Gasteiger partial charge in [0.1, 0.15) is 5.75 Å². The van der Waals surface area contributed by atoms with Crippen molar-refractivity contribution in [2.24, 2.45) is 5.41 Å². The number of fused-ring (bicyclic) bond motifs is 1. The molecular weight excluding hydrogens is 348 g/mol. The molecule has 0 radical (unpaired) electrons. The van der Waals surface area contributed by atoms with Crippen molar-refractivity contribution in [3.63, 3.8) is 0 Å². The number of pyridine rings is 1. The van der Waals surface area contributed by atoms with E-state index in [0.717, 1.165) is 17.7 Å². The van der Waals surface area contributed by atoms with Crippen LogP contribution in [0.4, 0.5) is 10.6 Å². The Hall–Kier alpha value is -2.70. The largest absolute Gasteiger partial charge is 0.508 e. The van der Waals surface area contributed by atoms with Crippen molar-refractivity contribution in [3.8, 4) is 11.5 Å². The summed E-state index contributed by atoms with van der Waals surface area (Å²) in [6, 6.07) is 4.45. The predicted molar refractivity (Wildman–Crippen MR) is 106 cm³/mol. The van der Waals surface area contributed by atoms with Crippen molar-refractivity contribution in [2.45, 2.75) is 47.1 Å². The molecule has 1 aromatic carbocycles. The van der Waals surface area contributed by atoms with Crippen molar-refractivity contribution in [3.05, 3.63) is 28.6 Å². The molecule has 0 saturated heterocycles. The minimum atomic E-state index is -1.18. The number of hydrogen-bond donors (Lipinski definition) is 2. The summed E-state index contributed by atoms with van der Waals surface area (Å²) < 4.78 is 7.39. The number of aromatic nitrogens is 1. The van der Waals surface area contributed by atoms with Crippen molar-refractivity contribution in [1.29, 1.82) is 0 Å². The minimum absolute atomic E-state index is 0.0271. The van der Waals surface area contributed by atoms with E-state index in [1.807, 2.05) is 27.7 Å². The molecule has 2 rings (SSSR count). The maximum atomic E-state index is 13.2. The first kappa shape index (κ1) is 20.6. The van der Waals surface area contributed by atoms with Crippen LogP contribution >= 0.6 is 0 Å². The molecule has 7 nitrogen and oxygen atoms in total. The van der Waals surface area contributed by atoms with Crippen molar-refractivity contribution in [1.82, 2.24) is 4.57 Å². The fraction of sp³-hybridized carbons (Fsp3) is 0.500. The van der Waals surface area contributed by atoms with Crippen molar-refractivity contribution < 1.29 is 19.7 Å². The zero-order chi connectivity index (χ0) is 20.4. The number of phenolic OH excluding ortho intramolecular Hbond substituents is 1. The highest BCUT2D eigenvalue weighted by Gasteiger charge is 2.26. The van der Waals surface area contributed by atoms with Crippen LogP contribution in [0.5, 0.6) is 11.5 Å². The van der Waals surface area contributed by atoms with Crippen LogP contribution in [0.2, 0.25) is 0 Å². The van der Waals surface area contributed by atoms with Crippen LogP contribution in [0, 0.1) is 5.41 Å². The molecule has 1 heterocycles. The molecule has 7 heteroatoms. The Bertz CT molecular complexity index is 896. The Morgan fingerprint density at radius 2 is 1.93 bits per heavy atom. The molecule has 2 aromatic rings. The van der Waals surface area contributed by atoms with Gasteiger partial charge in [-0.3, -0.25) is 14.3 Å². The lowest BCUT2D eigenvalue weighted by Crippen LogP contribution is -2.35. The third-order valence-electron chi connectivity index (χ3n) is 4.16. The van der Waals surface area contributed by atoms with Crippen LogP contribution in [0.3, 0.4) is 0 Å². The molecule has 0 aliphatic heterocycles. The Balaban J connectivity index is 2.89. The van der Waals surface area contributed by atoms with E-state index in [4.69, 9.17) is 4.74 Å². The van der Waals surface area contributed by atoms with Gasteiger partial charge in [-0.15, -0.1) is 0 Å². The van der Waals surface area contributed by atoms with E-state index in [1.165, 1.54) is 23.7 Å². The Morgan fingerprint density at radius 3 is 2.48 bits per heavy atom. The summed E-state index contributed by atoms with van der Waals surface area (Å²) in [4.78, 5) is 25.9. The molecule has 148 valence electrons. The topological polar surface area (TPSA) is 92.0 Å². The van der Waals surface area contributed by atoms with Gasteiger partial charge < -0.3 is 14.9 Å². The molecule has 0 spiro atoms. The molecule has 0 fully saturated rings. The van der Waals surface area contributed by atoms with E-state index >= 15 is 0 Å². The second-order valence-corrected chi connectivity index (χ2v) is 7.88. The number of phenols is 1. The quantitative estimate of drug-likeness (QED) is 0.742. The highest BCUT2D eigenvalue weighted by Crippen LogP contribution is 2.37. The van der Waals surface area contributed by atoms with Crippen molar-refractivity contribution >= 4 is 22.7 Å². The SMILES string of the molecule is CCCCOc1c(N(C)C(=O)O)n(CC(C)(C)C)c(=O)c2cc(O)ccc12. The number of unbranched alkanes of at least 4 members (excludes halogenated alkanes) is 1. The molecule has 1 aromatic heterocycles. The number of anilines is 1. The van der Waals surface area contributed by atoms with Gasteiger partial charge in [-0.2, -0.15) is 0 Å². The summed E-state index contributed by atoms with van der Waals surface area (Å²) >= 11 is 0. The van der Waals surface area contributed by atoms with Crippen LogP contribution in [0.25, 0.3) is 10.8 Å². The van der Waals surface area contributed by atoms with Gasteiger partial charge in [-0.1, -0.05) is 34.1 Å². The van der Waals surface area contributed by atoms with E-state index in [0.29, 0.717) is 29.7 Å². The van der Waals surface area contributed by atoms with E-state index in [2.05, 4.69) is 0 Å². The Kier molecular flexibility index (Phi) is 6.03. The van der Waals surface area contributed by atoms with E-state index in [9.17, 15) is 19.8 Å². The lowest BCUT2D eigenvalue weighted by Gasteiger charge is -2.28. The number of carboxylic acid groups (broad SMARTS) is 1. The number of amides is 1. The van der Waals surface area contributed by atoms with Gasteiger partial charge in [0, 0.05) is 19.0 Å². The second-order valence-electron chi connectivity index (χ2n) is 7.88. The van der Waals surface area contributed by atoms with Gasteiger partial charge in [0.05, 0.1) is 12.0 Å². The zero-order valence-corrected chi connectivity index (χ0v) is 16.6. The Morgan fingerprint density at radius 1 is 1.26 bits per heavy atom. The highest BCUT2D eigenvalue weighted by atomic mass is 16.5. The van der Waals surface area contributed by atoms with Crippen molar-refractivity contribution in [2.75, 3.05) is 18.6 Å². The molecule has 0 aliphatic rings. The fourth-order valence-corrected chi connectivity index (χ4v) is 2.90. The lowest BCUT2D eigenvalue weighted by molar-refractivity contribution is 0.202. The maximum Gasteiger partial charge on any atom is 0.412 e. The van der Waals surface area contributed by atoms with Gasteiger partial charge in [0.2, 0.25) is 0 Å². The molecule has 0 aliphatic carbocycles. The molecule has 0 unspecified atom stereocenters. The summed E-state index contributed by atoms with van der Waals surface area (Å²) in [5.41, 5.74) is -0.634. The van der Waals surface area contributed by atoms with Crippen LogP contribution in [0.15, 0.2) is 23.0 Å². The molecule has 0 atom stereocenters. The first-order valence-electron chi connectivity index (χ1n) is 9.05. The first-order chi connectivity index (χ1) is 12.6. The average molecular weight is 376 g/mol. The minimum Gasteiger partial charge on any atom is -0.508 e. The van der Waals surface area contributed by atoms with Crippen LogP contribution in [-0.4, -0.2) is 34.5 Å². The summed E-state index contributed by atoms with van der Waals surface area (Å²) in [6.45, 7) is 8.64. The summed E-state index contributed by atoms with van der Waals surface area (Å²) in [6.07, 6.45) is 0.536. The van der Waals surface area contributed by atoms with Gasteiger partial charge in [0.15, 0.2) is 11.6 Å². The van der Waals surface area contributed by atoms with E-state index in [1.54, 1.807) is 6.07 Å². The monoisotopic (exact) mass is 376 g/mol. The fourth-order valence-electron chi connectivity index (χ4n) is 2.90.